The summed E-state index contributed by atoms with van der Waals surface area (Å²) in [7, 11) is 1.91. The Hall–Kier alpha value is -3.62. The van der Waals surface area contributed by atoms with Gasteiger partial charge in [0.05, 0.1) is 16.1 Å². The molecule has 36 heavy (non-hydrogen) atoms. The molecule has 0 bridgehead atoms. The minimum absolute atomic E-state index is 0.141. The van der Waals surface area contributed by atoms with Gasteiger partial charge in [-0.3, -0.25) is 0 Å². The van der Waals surface area contributed by atoms with Crippen molar-refractivity contribution in [2.45, 2.75) is 45.3 Å². The number of nitrogens with one attached hydrogen (secondary N) is 3. The summed E-state index contributed by atoms with van der Waals surface area (Å²) in [6.07, 6.45) is 6.46. The first-order chi connectivity index (χ1) is 17.6. The summed E-state index contributed by atoms with van der Waals surface area (Å²) in [5, 5.41) is 7.86. The highest BCUT2D eigenvalue weighted by atomic mass is 35.5. The molecule has 0 saturated heterocycles. The van der Waals surface area contributed by atoms with Gasteiger partial charge in [0.1, 0.15) is 17.3 Å². The van der Waals surface area contributed by atoms with Gasteiger partial charge in [0, 0.05) is 25.2 Å². The van der Waals surface area contributed by atoms with E-state index in [1.54, 1.807) is 0 Å². The van der Waals surface area contributed by atoms with E-state index in [1.807, 2.05) is 56.6 Å². The topological polar surface area (TPSA) is 101 Å². The van der Waals surface area contributed by atoms with Crippen LogP contribution in [0.3, 0.4) is 0 Å². The highest BCUT2D eigenvalue weighted by molar-refractivity contribution is 6.33. The van der Waals surface area contributed by atoms with Crippen LogP contribution in [0.25, 0.3) is 33.3 Å². The van der Waals surface area contributed by atoms with Gasteiger partial charge in [-0.25, -0.2) is 4.98 Å². The first-order valence-corrected chi connectivity index (χ1v) is 12.6. The van der Waals surface area contributed by atoms with Crippen molar-refractivity contribution in [3.05, 3.63) is 59.1 Å². The summed E-state index contributed by atoms with van der Waals surface area (Å²) in [5.41, 5.74) is 6.03. The molecule has 3 N–H and O–H groups in total. The van der Waals surface area contributed by atoms with Gasteiger partial charge in [-0.2, -0.15) is 9.97 Å². The number of H-pyrrole nitrogens is 1. The minimum Gasteiger partial charge on any atom is -0.474 e. The molecule has 3 aromatic heterocycles. The molecule has 9 heteroatoms. The van der Waals surface area contributed by atoms with Crippen molar-refractivity contribution in [3.63, 3.8) is 0 Å². The maximum Gasteiger partial charge on any atom is 0.232 e. The van der Waals surface area contributed by atoms with Gasteiger partial charge < -0.3 is 24.8 Å². The number of halogens is 1. The van der Waals surface area contributed by atoms with Crippen molar-refractivity contribution in [2.75, 3.05) is 12.4 Å². The van der Waals surface area contributed by atoms with Crippen LogP contribution >= 0.6 is 11.6 Å². The normalized spacial score (nSPS) is 14.2. The number of aromatic nitrogens is 4. The number of rotatable bonds is 7. The molecule has 0 atom stereocenters. The SMILES string of the molecule is CNCc1ccc(Nc2nc(OC3CCCC3)c3c(-c4ccc5nc(C)oc5c4)c[nH]c3n2)c(Cl)c1. The Kier molecular flexibility index (Phi) is 5.99. The zero-order chi connectivity index (χ0) is 24.6. The molecule has 0 unspecified atom stereocenters. The van der Waals surface area contributed by atoms with Crippen LogP contribution in [0.2, 0.25) is 5.02 Å². The number of nitrogens with zero attached hydrogens (tertiary/aromatic N) is 3. The van der Waals surface area contributed by atoms with E-state index in [1.165, 1.54) is 12.8 Å². The Morgan fingerprint density at radius 2 is 1.97 bits per heavy atom. The Labute approximate surface area is 213 Å². The smallest absolute Gasteiger partial charge is 0.232 e. The molecule has 0 spiro atoms. The zero-order valence-electron chi connectivity index (χ0n) is 20.2. The maximum atomic E-state index is 6.55. The lowest BCUT2D eigenvalue weighted by atomic mass is 10.1. The molecule has 2 aromatic carbocycles. The molecular weight excluding hydrogens is 476 g/mol. The molecule has 1 fully saturated rings. The number of hydrogen-bond donors (Lipinski definition) is 3. The quantitative estimate of drug-likeness (QED) is 0.233. The third-order valence-corrected chi connectivity index (χ3v) is 6.86. The second-order valence-electron chi connectivity index (χ2n) is 9.19. The number of benzene rings is 2. The summed E-state index contributed by atoms with van der Waals surface area (Å²) in [6, 6.07) is 11.9. The monoisotopic (exact) mass is 502 g/mol. The molecule has 184 valence electrons. The fraction of sp³-hybridized carbons (Fsp3) is 0.296. The Morgan fingerprint density at radius 3 is 2.78 bits per heavy atom. The molecule has 6 rings (SSSR count). The van der Waals surface area contributed by atoms with E-state index in [4.69, 9.17) is 30.7 Å². The highest BCUT2D eigenvalue weighted by Crippen LogP contribution is 2.38. The fourth-order valence-electron chi connectivity index (χ4n) is 4.83. The molecular formula is C27H27ClN6O2. The number of aryl methyl sites for hydroxylation is 1. The van der Waals surface area contributed by atoms with E-state index in [9.17, 15) is 0 Å². The molecule has 1 aliphatic carbocycles. The van der Waals surface area contributed by atoms with E-state index in [0.717, 1.165) is 58.3 Å². The average Bonchev–Trinajstić information content (AvgIpc) is 3.60. The predicted molar refractivity (Wildman–Crippen MR) is 142 cm³/mol. The molecule has 8 nitrogen and oxygen atoms in total. The van der Waals surface area contributed by atoms with E-state index in [2.05, 4.69) is 20.6 Å². The first kappa shape index (κ1) is 22.8. The zero-order valence-corrected chi connectivity index (χ0v) is 20.9. The Balaban J connectivity index is 1.42. The number of aromatic amines is 1. The third kappa shape index (κ3) is 4.38. The van der Waals surface area contributed by atoms with E-state index in [-0.39, 0.29) is 6.10 Å². The van der Waals surface area contributed by atoms with Gasteiger partial charge in [-0.15, -0.1) is 0 Å². The Bertz CT molecular complexity index is 1550. The second kappa shape index (κ2) is 9.44. The largest absolute Gasteiger partial charge is 0.474 e. The van der Waals surface area contributed by atoms with Crippen molar-refractivity contribution in [2.24, 2.45) is 0 Å². The molecule has 0 amide bonds. The highest BCUT2D eigenvalue weighted by Gasteiger charge is 2.23. The van der Waals surface area contributed by atoms with Gasteiger partial charge >= 0.3 is 0 Å². The number of fused-ring (bicyclic) bond motifs is 2. The average molecular weight is 503 g/mol. The predicted octanol–water partition coefficient (Wildman–Crippen LogP) is 6.51. The lowest BCUT2D eigenvalue weighted by Crippen LogP contribution is -2.13. The van der Waals surface area contributed by atoms with Crippen molar-refractivity contribution >= 4 is 45.4 Å². The number of oxazole rings is 1. The molecule has 1 saturated carbocycles. The summed E-state index contributed by atoms with van der Waals surface area (Å²) >= 11 is 6.55. The minimum atomic E-state index is 0.141. The molecule has 1 aliphatic rings. The molecule has 3 heterocycles. The van der Waals surface area contributed by atoms with Crippen molar-refractivity contribution in [1.82, 2.24) is 25.3 Å². The Morgan fingerprint density at radius 1 is 1.11 bits per heavy atom. The van der Waals surface area contributed by atoms with Crippen LogP contribution in [-0.4, -0.2) is 33.1 Å². The van der Waals surface area contributed by atoms with Crippen LogP contribution in [0.15, 0.2) is 47.0 Å². The van der Waals surface area contributed by atoms with Gasteiger partial charge in [-0.1, -0.05) is 23.7 Å². The molecule has 0 aliphatic heterocycles. The van der Waals surface area contributed by atoms with Gasteiger partial charge in [-0.05, 0) is 68.1 Å². The van der Waals surface area contributed by atoms with Crippen LogP contribution < -0.4 is 15.4 Å². The lowest BCUT2D eigenvalue weighted by Gasteiger charge is -2.15. The van der Waals surface area contributed by atoms with Crippen LogP contribution in [-0.2, 0) is 6.54 Å². The van der Waals surface area contributed by atoms with E-state index < -0.39 is 0 Å². The summed E-state index contributed by atoms with van der Waals surface area (Å²) in [4.78, 5) is 17.3. The van der Waals surface area contributed by atoms with Crippen molar-refractivity contribution in [3.8, 4) is 17.0 Å². The van der Waals surface area contributed by atoms with E-state index >= 15 is 0 Å². The van der Waals surface area contributed by atoms with Gasteiger partial charge in [0.15, 0.2) is 11.5 Å². The van der Waals surface area contributed by atoms with Gasteiger partial charge in [0.25, 0.3) is 0 Å². The van der Waals surface area contributed by atoms with Crippen molar-refractivity contribution < 1.29 is 9.15 Å². The van der Waals surface area contributed by atoms with E-state index in [0.29, 0.717) is 28.4 Å². The number of hydrogen-bond acceptors (Lipinski definition) is 7. The second-order valence-corrected chi connectivity index (χ2v) is 9.59. The van der Waals surface area contributed by atoms with Crippen LogP contribution in [0, 0.1) is 6.92 Å². The number of anilines is 2. The fourth-order valence-corrected chi connectivity index (χ4v) is 5.09. The standard InChI is InChI=1S/C27H27ClN6O2/c1-15-31-22-10-8-17(12-23(22)35-15)19-14-30-25-24(19)26(36-18-5-3-4-6-18)34-27(33-25)32-21-9-7-16(13-29-2)11-20(21)28/h7-12,14,18,29H,3-6,13H2,1-2H3,(H2,30,32,33,34). The van der Waals surface area contributed by atoms with Crippen LogP contribution in [0.1, 0.15) is 37.1 Å². The van der Waals surface area contributed by atoms with Crippen molar-refractivity contribution in [1.29, 1.82) is 0 Å². The molecule has 5 aromatic rings. The summed E-state index contributed by atoms with van der Waals surface area (Å²) < 4.78 is 12.2. The summed E-state index contributed by atoms with van der Waals surface area (Å²) in [5.74, 6) is 1.62. The third-order valence-electron chi connectivity index (χ3n) is 6.55. The summed E-state index contributed by atoms with van der Waals surface area (Å²) in [6.45, 7) is 2.59. The van der Waals surface area contributed by atoms with Crippen LogP contribution in [0.5, 0.6) is 5.88 Å². The molecule has 0 radical (unpaired) electrons. The maximum absolute atomic E-state index is 6.55. The lowest BCUT2D eigenvalue weighted by molar-refractivity contribution is 0.204. The first-order valence-electron chi connectivity index (χ1n) is 12.2. The van der Waals surface area contributed by atoms with Gasteiger partial charge in [0.2, 0.25) is 11.8 Å². The van der Waals surface area contributed by atoms with Crippen LogP contribution in [0.4, 0.5) is 11.6 Å². The number of ether oxygens (including phenoxy) is 1.